The Bertz CT molecular complexity index is 350. The highest BCUT2D eigenvalue weighted by Gasteiger charge is 2.25. The number of carboxylic acids is 1. The van der Waals surface area contributed by atoms with E-state index in [2.05, 4.69) is 10.3 Å². The largest absolute Gasteiger partial charge is 0.480 e. The highest BCUT2D eigenvalue weighted by Crippen LogP contribution is 2.02. The third-order valence-corrected chi connectivity index (χ3v) is 2.29. The average Bonchev–Trinajstić information content (AvgIpc) is 2.65. The Morgan fingerprint density at radius 3 is 2.67 bits per heavy atom. The molecule has 0 saturated carbocycles. The fraction of sp³-hybridized carbons (Fsp3) is 0.375. The highest BCUT2D eigenvalue weighted by molar-refractivity contribution is 7.07. The van der Waals surface area contributed by atoms with E-state index < -0.39 is 24.0 Å². The van der Waals surface area contributed by atoms with Gasteiger partial charge in [-0.1, -0.05) is 0 Å². The molecule has 0 aromatic carbocycles. The molecule has 0 aliphatic carbocycles. The smallest absolute Gasteiger partial charge is 0.328 e. The zero-order chi connectivity index (χ0) is 11.4. The lowest BCUT2D eigenvalue weighted by Crippen LogP contribution is -2.47. The molecule has 1 aromatic heterocycles. The number of aliphatic hydroxyl groups excluding tert-OH is 1. The van der Waals surface area contributed by atoms with Crippen molar-refractivity contribution < 1.29 is 19.8 Å². The van der Waals surface area contributed by atoms with Gasteiger partial charge < -0.3 is 15.5 Å². The number of aliphatic carboxylic acids is 1. The predicted molar refractivity (Wildman–Crippen MR) is 52.7 cm³/mol. The second-order valence-electron chi connectivity index (χ2n) is 2.90. The van der Waals surface area contributed by atoms with Crippen molar-refractivity contribution in [1.29, 1.82) is 0 Å². The quantitative estimate of drug-likeness (QED) is 0.660. The molecule has 0 saturated heterocycles. The Labute approximate surface area is 89.6 Å². The van der Waals surface area contributed by atoms with Crippen LogP contribution < -0.4 is 5.32 Å². The number of hydrogen-bond acceptors (Lipinski definition) is 5. The fourth-order valence-corrected chi connectivity index (χ4v) is 1.46. The summed E-state index contributed by atoms with van der Waals surface area (Å²) in [6.07, 6.45) is -1.16. The molecule has 6 nitrogen and oxygen atoms in total. The molecule has 2 unspecified atom stereocenters. The second kappa shape index (κ2) is 4.85. The van der Waals surface area contributed by atoms with Crippen LogP contribution in [-0.2, 0) is 4.79 Å². The summed E-state index contributed by atoms with van der Waals surface area (Å²) in [5.41, 5.74) is 1.61. The topological polar surface area (TPSA) is 99.5 Å². The summed E-state index contributed by atoms with van der Waals surface area (Å²) >= 11 is 1.23. The van der Waals surface area contributed by atoms with E-state index in [0.29, 0.717) is 0 Å². The van der Waals surface area contributed by atoms with E-state index in [9.17, 15) is 9.59 Å². The number of thiazole rings is 1. The number of nitrogens with zero attached hydrogens (tertiary/aromatic N) is 1. The van der Waals surface area contributed by atoms with Gasteiger partial charge in [-0.25, -0.2) is 9.78 Å². The Kier molecular flexibility index (Phi) is 3.75. The summed E-state index contributed by atoms with van der Waals surface area (Å²) in [6.45, 7) is 1.29. The standard InChI is InChI=1S/C8H10N2O4S/c1-4(11)6(8(13)14)10-7(12)5-2-15-3-9-5/h2-4,6,11H,1H3,(H,10,12)(H,13,14). The van der Waals surface area contributed by atoms with Gasteiger partial charge in [0.2, 0.25) is 0 Å². The van der Waals surface area contributed by atoms with Crippen LogP contribution >= 0.6 is 11.3 Å². The van der Waals surface area contributed by atoms with Crippen LogP contribution in [0.25, 0.3) is 0 Å². The van der Waals surface area contributed by atoms with E-state index in [1.165, 1.54) is 29.2 Å². The predicted octanol–water partition coefficient (Wildman–Crippen LogP) is -0.293. The van der Waals surface area contributed by atoms with Gasteiger partial charge in [-0.2, -0.15) is 0 Å². The number of hydrogen-bond donors (Lipinski definition) is 3. The molecule has 15 heavy (non-hydrogen) atoms. The fourth-order valence-electron chi connectivity index (χ4n) is 0.929. The van der Waals surface area contributed by atoms with Crippen LogP contribution in [0.4, 0.5) is 0 Å². The van der Waals surface area contributed by atoms with Gasteiger partial charge >= 0.3 is 5.97 Å². The normalized spacial score (nSPS) is 14.3. The summed E-state index contributed by atoms with van der Waals surface area (Å²) in [6, 6.07) is -1.32. The van der Waals surface area contributed by atoms with E-state index >= 15 is 0 Å². The third-order valence-electron chi connectivity index (χ3n) is 1.70. The first-order valence-corrected chi connectivity index (χ1v) is 5.06. The number of nitrogens with one attached hydrogen (secondary N) is 1. The zero-order valence-corrected chi connectivity index (χ0v) is 8.69. The van der Waals surface area contributed by atoms with Crippen LogP contribution in [0.1, 0.15) is 17.4 Å². The van der Waals surface area contributed by atoms with Crippen molar-refractivity contribution in [2.24, 2.45) is 0 Å². The Hall–Kier alpha value is -1.47. The molecule has 0 bridgehead atoms. The van der Waals surface area contributed by atoms with E-state index in [-0.39, 0.29) is 5.69 Å². The summed E-state index contributed by atoms with van der Waals surface area (Å²) in [5.74, 6) is -1.89. The maximum Gasteiger partial charge on any atom is 0.328 e. The lowest BCUT2D eigenvalue weighted by molar-refractivity contribution is -0.141. The monoisotopic (exact) mass is 230 g/mol. The van der Waals surface area contributed by atoms with Crippen molar-refractivity contribution in [2.45, 2.75) is 19.1 Å². The molecular weight excluding hydrogens is 220 g/mol. The van der Waals surface area contributed by atoms with Crippen LogP contribution in [0.15, 0.2) is 10.9 Å². The number of rotatable bonds is 4. The number of carbonyl (C=O) groups is 2. The van der Waals surface area contributed by atoms with Crippen molar-refractivity contribution in [3.63, 3.8) is 0 Å². The maximum atomic E-state index is 11.4. The van der Waals surface area contributed by atoms with Crippen molar-refractivity contribution >= 4 is 23.2 Å². The molecule has 0 aliphatic heterocycles. The lowest BCUT2D eigenvalue weighted by Gasteiger charge is -2.15. The summed E-state index contributed by atoms with van der Waals surface area (Å²) < 4.78 is 0. The molecule has 1 amide bonds. The molecular formula is C8H10N2O4S. The Morgan fingerprint density at radius 2 is 2.27 bits per heavy atom. The van der Waals surface area contributed by atoms with Crippen molar-refractivity contribution in [3.8, 4) is 0 Å². The van der Waals surface area contributed by atoms with Crippen molar-refractivity contribution in [3.05, 3.63) is 16.6 Å². The first-order chi connectivity index (χ1) is 7.02. The lowest BCUT2D eigenvalue weighted by atomic mass is 10.2. The van der Waals surface area contributed by atoms with Gasteiger partial charge in [0, 0.05) is 5.38 Å². The maximum absolute atomic E-state index is 11.4. The molecule has 0 radical (unpaired) electrons. The van der Waals surface area contributed by atoms with Crippen LogP contribution in [0.5, 0.6) is 0 Å². The number of carboxylic acid groups (broad SMARTS) is 1. The van der Waals surface area contributed by atoms with Gasteiger partial charge in [0.15, 0.2) is 6.04 Å². The SMILES string of the molecule is CC(O)C(NC(=O)c1cscn1)C(=O)O. The average molecular weight is 230 g/mol. The molecule has 1 heterocycles. The zero-order valence-electron chi connectivity index (χ0n) is 7.88. The van der Waals surface area contributed by atoms with Crippen molar-refractivity contribution in [2.75, 3.05) is 0 Å². The molecule has 82 valence electrons. The van der Waals surface area contributed by atoms with Crippen LogP contribution in [0, 0.1) is 0 Å². The van der Waals surface area contributed by atoms with Gasteiger partial charge in [-0.05, 0) is 6.92 Å². The highest BCUT2D eigenvalue weighted by atomic mass is 32.1. The minimum Gasteiger partial charge on any atom is -0.480 e. The number of amides is 1. The van der Waals surface area contributed by atoms with Gasteiger partial charge in [-0.3, -0.25) is 4.79 Å². The van der Waals surface area contributed by atoms with Crippen LogP contribution in [0.2, 0.25) is 0 Å². The van der Waals surface area contributed by atoms with Gasteiger partial charge in [0.1, 0.15) is 5.69 Å². The molecule has 1 aromatic rings. The van der Waals surface area contributed by atoms with Crippen LogP contribution in [-0.4, -0.2) is 39.2 Å². The van der Waals surface area contributed by atoms with Gasteiger partial charge in [0.05, 0.1) is 11.6 Å². The molecule has 2 atom stereocenters. The van der Waals surface area contributed by atoms with Crippen LogP contribution in [0.3, 0.4) is 0 Å². The van der Waals surface area contributed by atoms with Gasteiger partial charge in [-0.15, -0.1) is 11.3 Å². The Balaban J connectivity index is 2.67. The first kappa shape index (κ1) is 11.6. The van der Waals surface area contributed by atoms with Gasteiger partial charge in [0.25, 0.3) is 5.91 Å². The van der Waals surface area contributed by atoms with Crippen molar-refractivity contribution in [1.82, 2.24) is 10.3 Å². The third kappa shape index (κ3) is 3.00. The van der Waals surface area contributed by atoms with E-state index in [1.54, 1.807) is 0 Å². The molecule has 0 aliphatic rings. The first-order valence-electron chi connectivity index (χ1n) is 4.12. The molecule has 0 fully saturated rings. The minimum absolute atomic E-state index is 0.145. The molecule has 0 spiro atoms. The van der Waals surface area contributed by atoms with E-state index in [1.807, 2.05) is 0 Å². The Morgan fingerprint density at radius 1 is 1.60 bits per heavy atom. The minimum atomic E-state index is -1.32. The molecule has 7 heteroatoms. The summed E-state index contributed by atoms with van der Waals surface area (Å²) in [5, 5.41) is 21.5. The summed E-state index contributed by atoms with van der Waals surface area (Å²) in [4.78, 5) is 25.8. The van der Waals surface area contributed by atoms with E-state index in [0.717, 1.165) is 0 Å². The molecule has 3 N–H and O–H groups in total. The number of aliphatic hydroxyl groups is 1. The number of carbonyl (C=O) groups excluding carboxylic acids is 1. The second-order valence-corrected chi connectivity index (χ2v) is 3.62. The number of aromatic nitrogens is 1. The summed E-state index contributed by atoms with van der Waals surface area (Å²) in [7, 11) is 0. The molecule has 1 rings (SSSR count). The van der Waals surface area contributed by atoms with E-state index in [4.69, 9.17) is 10.2 Å².